The summed E-state index contributed by atoms with van der Waals surface area (Å²) in [4.78, 5) is 60.1. The van der Waals surface area contributed by atoms with E-state index in [0.717, 1.165) is 28.7 Å². The largest absolute Gasteiger partial charge is 0.507 e. The minimum absolute atomic E-state index is 0.00459. The predicted octanol–water partition coefficient (Wildman–Crippen LogP) is -2.23. The average molecular weight is 959 g/mol. The number of hydrogen-bond donors (Lipinski definition) is 13. The highest BCUT2D eigenvalue weighted by atomic mass is 16.7. The number of methoxy groups -OCH3 is 1. The van der Waals surface area contributed by atoms with Crippen LogP contribution in [0.5, 0.6) is 17.2 Å². The molecule has 0 radical (unpaired) electrons. The number of allylic oxidation sites excluding steroid dienone is 3. The zero-order chi connectivity index (χ0) is 49.9. The molecule has 69 heavy (non-hydrogen) atoms. The Balaban J connectivity index is 1.27. The van der Waals surface area contributed by atoms with Crippen molar-refractivity contribution >= 4 is 29.3 Å². The van der Waals surface area contributed by atoms with Crippen molar-refractivity contribution in [2.75, 3.05) is 40.5 Å². The summed E-state index contributed by atoms with van der Waals surface area (Å²) in [6, 6.07) is 2.63. The second-order valence-electron chi connectivity index (χ2n) is 17.3. The summed E-state index contributed by atoms with van der Waals surface area (Å²) in [5.41, 5.74) is 15.9. The van der Waals surface area contributed by atoms with Crippen LogP contribution in [0.1, 0.15) is 67.8 Å². The summed E-state index contributed by atoms with van der Waals surface area (Å²) >= 11 is 0. The number of nitrogens with one attached hydrogen (secondary N) is 3. The fourth-order valence-corrected chi connectivity index (χ4v) is 9.45. The van der Waals surface area contributed by atoms with Gasteiger partial charge in [0.1, 0.15) is 41.2 Å². The van der Waals surface area contributed by atoms with Crippen molar-refractivity contribution < 1.29 is 69.1 Å². The van der Waals surface area contributed by atoms with E-state index in [-0.39, 0.29) is 78.4 Å². The van der Waals surface area contributed by atoms with Crippen LogP contribution in [0.4, 0.5) is 0 Å². The van der Waals surface area contributed by atoms with Crippen LogP contribution < -0.4 is 42.6 Å². The predicted molar refractivity (Wildman–Crippen MR) is 246 cm³/mol. The molecule has 1 fully saturated rings. The van der Waals surface area contributed by atoms with Crippen molar-refractivity contribution in [3.8, 4) is 17.2 Å². The molecule has 0 spiro atoms. The minimum atomic E-state index is -2.49. The number of carbonyl (C=O) groups excluding carboxylic acids is 4. The summed E-state index contributed by atoms with van der Waals surface area (Å²) in [7, 11) is 2.68. The number of imide groups is 1. The maximum Gasteiger partial charge on any atom is 0.253 e. The number of benzene rings is 2. The number of fused-ring (bicyclic) bond motifs is 2. The molecule has 0 bridgehead atoms. The summed E-state index contributed by atoms with van der Waals surface area (Å²) < 4.78 is 17.7. The number of aliphatic hydroxyl groups excluding tert-OH is 5. The molecule has 4 heterocycles. The Labute approximate surface area is 396 Å². The molecule has 2 aromatic rings. The molecule has 5 aliphatic rings. The molecule has 0 aromatic heterocycles. The summed E-state index contributed by atoms with van der Waals surface area (Å²) in [6.07, 6.45) is 2.92. The lowest BCUT2D eigenvalue weighted by atomic mass is 9.75. The Morgan fingerprint density at radius 3 is 2.38 bits per heavy atom. The monoisotopic (exact) mass is 958 g/mol. The molecule has 22 heteroatoms. The molecule has 1 aliphatic carbocycles. The fourth-order valence-electron chi connectivity index (χ4n) is 9.45. The minimum Gasteiger partial charge on any atom is -0.507 e. The van der Waals surface area contributed by atoms with Crippen molar-refractivity contribution in [2.24, 2.45) is 34.0 Å². The van der Waals surface area contributed by atoms with Gasteiger partial charge in [-0.25, -0.2) is 0 Å². The third-order valence-corrected chi connectivity index (χ3v) is 13.1. The fraction of sp³-hybridized carbons (Fsp3) is 0.426. The summed E-state index contributed by atoms with van der Waals surface area (Å²) in [5.74, 6) is -5.14. The summed E-state index contributed by atoms with van der Waals surface area (Å²) in [6.45, 7) is -2.08. The van der Waals surface area contributed by atoms with Gasteiger partial charge >= 0.3 is 0 Å². The Morgan fingerprint density at radius 2 is 1.75 bits per heavy atom. The molecule has 1 saturated heterocycles. The lowest BCUT2D eigenvalue weighted by molar-refractivity contribution is -0.316. The number of phenols is 1. The van der Waals surface area contributed by atoms with Gasteiger partial charge in [0.2, 0.25) is 12.1 Å². The van der Waals surface area contributed by atoms with Crippen LogP contribution in [0, 0.1) is 11.8 Å². The second kappa shape index (κ2) is 20.9. The van der Waals surface area contributed by atoms with Crippen LogP contribution in [-0.4, -0.2) is 147 Å². The van der Waals surface area contributed by atoms with Crippen LogP contribution in [0.15, 0.2) is 76.7 Å². The van der Waals surface area contributed by atoms with Crippen LogP contribution in [-0.2, 0) is 33.9 Å². The quantitative estimate of drug-likeness (QED) is 0.0365. The third kappa shape index (κ3) is 9.83. The topological polar surface area (TPSA) is 367 Å². The van der Waals surface area contributed by atoms with Gasteiger partial charge in [-0.1, -0.05) is 12.2 Å². The third-order valence-electron chi connectivity index (χ3n) is 13.1. The van der Waals surface area contributed by atoms with Crippen molar-refractivity contribution in [1.82, 2.24) is 20.9 Å². The zero-order valence-corrected chi connectivity index (χ0v) is 37.9. The van der Waals surface area contributed by atoms with Crippen LogP contribution >= 0.6 is 0 Å². The lowest BCUT2D eigenvalue weighted by Gasteiger charge is -2.49. The number of nitrogens with two attached hydrogens (primary N) is 3. The molecule has 8 unspecified atom stereocenters. The van der Waals surface area contributed by atoms with Crippen LogP contribution in [0.3, 0.4) is 0 Å². The van der Waals surface area contributed by atoms with Crippen LogP contribution in [0.2, 0.25) is 0 Å². The van der Waals surface area contributed by atoms with E-state index in [0.29, 0.717) is 24.0 Å². The number of ether oxygens (including phenoxy) is 3. The molecule has 2 aromatic carbocycles. The normalized spacial score (nSPS) is 25.2. The molecule has 8 atom stereocenters. The van der Waals surface area contributed by atoms with E-state index >= 15 is 0 Å². The van der Waals surface area contributed by atoms with Crippen molar-refractivity contribution in [3.05, 3.63) is 111 Å². The first-order chi connectivity index (χ1) is 33.0. The number of guanidine groups is 1. The van der Waals surface area contributed by atoms with Gasteiger partial charge in [-0.3, -0.25) is 29.1 Å². The van der Waals surface area contributed by atoms with Crippen molar-refractivity contribution in [3.63, 3.8) is 0 Å². The van der Waals surface area contributed by atoms with Gasteiger partial charge in [-0.2, -0.15) is 0 Å². The SMILES string of the molecule is CN=C(N)NCc1c(CC(CCCO)C2=CNC(N)C=C2)cc2c(c1O)C(=O)c1c(OC3OC(CO)C(O)(CC(CN4C(=O)C=CC4=O)C4=CCNC(N)=C4)C(O)C3O)cc(OC)c(CO)c1C2=O. The number of dihydropyridines is 2. The number of rotatable bonds is 18. The Bertz CT molecular complexity index is 2550. The number of aliphatic hydroxyl groups is 6. The van der Waals surface area contributed by atoms with Crippen LogP contribution in [0.25, 0.3) is 0 Å². The molecule has 7 rings (SSSR count). The highest BCUT2D eigenvalue weighted by Crippen LogP contribution is 2.46. The van der Waals surface area contributed by atoms with Crippen molar-refractivity contribution in [2.45, 2.75) is 75.2 Å². The van der Waals surface area contributed by atoms with E-state index in [1.54, 1.807) is 18.4 Å². The molecule has 2 amide bonds. The highest BCUT2D eigenvalue weighted by molar-refractivity contribution is 6.31. The maximum absolute atomic E-state index is 15.0. The van der Waals surface area contributed by atoms with E-state index in [1.165, 1.54) is 26.3 Å². The lowest BCUT2D eigenvalue weighted by Crippen LogP contribution is -2.68. The average Bonchev–Trinajstić information content (AvgIpc) is 3.66. The smallest absolute Gasteiger partial charge is 0.253 e. The second-order valence-corrected chi connectivity index (χ2v) is 17.3. The zero-order valence-electron chi connectivity index (χ0n) is 37.9. The number of aromatic hydroxyl groups is 1. The number of hydrogen-bond acceptors (Lipinski definition) is 19. The molecule has 4 aliphatic heterocycles. The Hall–Kier alpha value is -6.63. The van der Waals surface area contributed by atoms with E-state index in [9.17, 15) is 54.9 Å². The number of carbonyl (C=O) groups is 4. The highest BCUT2D eigenvalue weighted by Gasteiger charge is 2.57. The Morgan fingerprint density at radius 1 is 1.01 bits per heavy atom. The van der Waals surface area contributed by atoms with E-state index in [1.807, 2.05) is 6.08 Å². The molecule has 370 valence electrons. The molecular weight excluding hydrogens is 901 g/mol. The first kappa shape index (κ1) is 50.3. The van der Waals surface area contributed by atoms with Gasteiger partial charge in [0.25, 0.3) is 11.8 Å². The number of phenolic OH excluding ortho intramolecular Hbond substituents is 1. The first-order valence-electron chi connectivity index (χ1n) is 22.2. The molecular formula is C47H58N8O14. The van der Waals surface area contributed by atoms with Gasteiger partial charge in [0.05, 0.1) is 43.4 Å². The maximum atomic E-state index is 15.0. The van der Waals surface area contributed by atoms with Gasteiger partial charge in [0, 0.05) is 85.9 Å². The van der Waals surface area contributed by atoms with Gasteiger partial charge in [0.15, 0.2) is 11.7 Å². The Kier molecular flexibility index (Phi) is 15.2. The molecule has 22 nitrogen and oxygen atoms in total. The van der Waals surface area contributed by atoms with Gasteiger partial charge in [-0.15, -0.1) is 0 Å². The van der Waals surface area contributed by atoms with Gasteiger partial charge < -0.3 is 83.1 Å². The van der Waals surface area contributed by atoms with Crippen molar-refractivity contribution in [1.29, 1.82) is 0 Å². The van der Waals surface area contributed by atoms with E-state index < -0.39 is 108 Å². The standard InChI is InChI=1S/C47H58N8O14/c1-51-46(50)54-18-28-25(12-22(4-3-11-56)24-5-6-33(48)53-17-24)13-27-38(41(28)62)42(63)39-31(15-30(67-2)29(20-57)37(39)40(27)61)68-45-43(64)44(65)47(66,32(21-58)69-45)16-26(23-9-10-52-34(49)14-23)19-55-35(59)7-8-36(55)60/h5-9,13-15,17,22,26,32-33,43-45,52-53,56-58,62,64-66H,3-4,10-12,16,18-21,48-49H2,1-2H3,(H3,50,51,54). The van der Waals surface area contributed by atoms with Gasteiger partial charge in [-0.05, 0) is 66.5 Å². The number of nitrogens with zero attached hydrogens (tertiary/aromatic N) is 2. The molecule has 0 saturated carbocycles. The van der Waals surface area contributed by atoms with E-state index in [4.69, 9.17) is 31.4 Å². The number of ketones is 2. The van der Waals surface area contributed by atoms with E-state index in [2.05, 4.69) is 20.9 Å². The summed E-state index contributed by atoms with van der Waals surface area (Å²) in [5, 5.41) is 88.0. The molecule has 16 N–H and O–H groups in total. The number of aliphatic imine (C=N–C) groups is 1. The first-order valence-corrected chi connectivity index (χ1v) is 22.2. The number of amides is 2.